The van der Waals surface area contributed by atoms with Gasteiger partial charge in [-0.25, -0.2) is 0 Å². The van der Waals surface area contributed by atoms with Crippen molar-refractivity contribution in [2.24, 2.45) is 5.92 Å². The Morgan fingerprint density at radius 3 is 2.43 bits per heavy atom. The van der Waals surface area contributed by atoms with Gasteiger partial charge in [0.05, 0.1) is 16.1 Å². The van der Waals surface area contributed by atoms with Crippen LogP contribution in [0, 0.1) is 16.0 Å². The standard InChI is InChI=1S/C22H21N3O5/c1-14(16-7-8-16)23(12-15-5-3-2-4-6-15)20(26)13-24-21(27)18-10-9-17(25(29)30)11-19(18)22(24)28/h2-6,9-11,14,16H,7-8,12-13H2,1H3/t14-/m0/s1. The smallest absolute Gasteiger partial charge is 0.270 e. The lowest BCUT2D eigenvalue weighted by Crippen LogP contribution is -2.46. The van der Waals surface area contributed by atoms with E-state index in [1.165, 1.54) is 12.1 Å². The number of carbonyl (C=O) groups excluding carboxylic acids is 3. The fraction of sp³-hybridized carbons (Fsp3) is 0.318. The predicted octanol–water partition coefficient (Wildman–Crippen LogP) is 3.02. The third-order valence-corrected chi connectivity index (χ3v) is 5.77. The van der Waals surface area contributed by atoms with Crippen LogP contribution in [0.25, 0.3) is 0 Å². The third-order valence-electron chi connectivity index (χ3n) is 5.77. The summed E-state index contributed by atoms with van der Waals surface area (Å²) in [5.41, 5.74) is 0.752. The number of imide groups is 1. The van der Waals surface area contributed by atoms with Gasteiger partial charge in [0.15, 0.2) is 0 Å². The van der Waals surface area contributed by atoms with Crippen LogP contribution in [0.15, 0.2) is 48.5 Å². The zero-order chi connectivity index (χ0) is 21.4. The van der Waals surface area contributed by atoms with Gasteiger partial charge in [-0.2, -0.15) is 0 Å². The van der Waals surface area contributed by atoms with Crippen LogP contribution in [0.5, 0.6) is 0 Å². The molecule has 0 bridgehead atoms. The molecule has 30 heavy (non-hydrogen) atoms. The van der Waals surface area contributed by atoms with Crippen molar-refractivity contribution in [3.63, 3.8) is 0 Å². The lowest BCUT2D eigenvalue weighted by atomic mass is 10.1. The molecule has 0 unspecified atom stereocenters. The number of hydrogen-bond donors (Lipinski definition) is 0. The lowest BCUT2D eigenvalue weighted by molar-refractivity contribution is -0.384. The average Bonchev–Trinajstić information content (AvgIpc) is 3.57. The van der Waals surface area contributed by atoms with Gasteiger partial charge < -0.3 is 4.90 Å². The SMILES string of the molecule is C[C@@H](C1CC1)N(Cc1ccccc1)C(=O)CN1C(=O)c2ccc([N+](=O)[O-])cc2C1=O. The van der Waals surface area contributed by atoms with Gasteiger partial charge in [-0.1, -0.05) is 30.3 Å². The molecule has 1 heterocycles. The largest absolute Gasteiger partial charge is 0.334 e. The molecule has 4 rings (SSSR count). The molecular formula is C22H21N3O5. The highest BCUT2D eigenvalue weighted by atomic mass is 16.6. The normalized spacial score (nSPS) is 16.4. The summed E-state index contributed by atoms with van der Waals surface area (Å²) in [4.78, 5) is 51.6. The molecule has 0 radical (unpaired) electrons. The molecule has 8 nitrogen and oxygen atoms in total. The van der Waals surface area contributed by atoms with Crippen LogP contribution in [0.3, 0.4) is 0 Å². The first-order valence-electron chi connectivity index (χ1n) is 9.85. The molecule has 2 aliphatic rings. The minimum Gasteiger partial charge on any atom is -0.334 e. The van der Waals surface area contributed by atoms with Crippen LogP contribution in [-0.4, -0.2) is 45.0 Å². The quantitative estimate of drug-likeness (QED) is 0.399. The Hall–Kier alpha value is -3.55. The Morgan fingerprint density at radius 1 is 1.13 bits per heavy atom. The summed E-state index contributed by atoms with van der Waals surface area (Å²) in [6.45, 7) is 2.00. The zero-order valence-electron chi connectivity index (χ0n) is 16.5. The third kappa shape index (κ3) is 3.68. The average molecular weight is 407 g/mol. The Bertz CT molecular complexity index is 1030. The van der Waals surface area contributed by atoms with Gasteiger partial charge in [0, 0.05) is 24.7 Å². The maximum absolute atomic E-state index is 13.2. The maximum Gasteiger partial charge on any atom is 0.270 e. The van der Waals surface area contributed by atoms with E-state index in [9.17, 15) is 24.5 Å². The number of nitro benzene ring substituents is 1. The van der Waals surface area contributed by atoms with Crippen LogP contribution in [-0.2, 0) is 11.3 Å². The number of fused-ring (bicyclic) bond motifs is 1. The van der Waals surface area contributed by atoms with Crippen LogP contribution in [0.2, 0.25) is 0 Å². The molecule has 154 valence electrons. The van der Waals surface area contributed by atoms with Crippen molar-refractivity contribution in [2.45, 2.75) is 32.4 Å². The van der Waals surface area contributed by atoms with E-state index < -0.39 is 16.7 Å². The first kappa shape index (κ1) is 19.8. The molecule has 1 aliphatic heterocycles. The summed E-state index contributed by atoms with van der Waals surface area (Å²) in [6.07, 6.45) is 2.10. The van der Waals surface area contributed by atoms with Gasteiger partial charge in [0.25, 0.3) is 17.5 Å². The van der Waals surface area contributed by atoms with Gasteiger partial charge in [0.1, 0.15) is 6.54 Å². The van der Waals surface area contributed by atoms with Gasteiger partial charge in [0.2, 0.25) is 5.91 Å². The lowest BCUT2D eigenvalue weighted by Gasteiger charge is -2.31. The summed E-state index contributed by atoms with van der Waals surface area (Å²) in [7, 11) is 0. The topological polar surface area (TPSA) is 101 Å². The van der Waals surface area contributed by atoms with E-state index in [4.69, 9.17) is 0 Å². The number of carbonyl (C=O) groups is 3. The molecule has 0 spiro atoms. The van der Waals surface area contributed by atoms with Crippen molar-refractivity contribution in [3.8, 4) is 0 Å². The first-order chi connectivity index (χ1) is 14.4. The summed E-state index contributed by atoms with van der Waals surface area (Å²) in [6, 6.07) is 13.1. The monoisotopic (exact) mass is 407 g/mol. The number of nitrogens with zero attached hydrogens (tertiary/aromatic N) is 3. The maximum atomic E-state index is 13.2. The number of hydrogen-bond acceptors (Lipinski definition) is 5. The highest BCUT2D eigenvalue weighted by molar-refractivity contribution is 6.22. The van der Waals surface area contributed by atoms with Crippen molar-refractivity contribution in [1.29, 1.82) is 0 Å². The summed E-state index contributed by atoms with van der Waals surface area (Å²) < 4.78 is 0. The Labute approximate surface area is 173 Å². The van der Waals surface area contributed by atoms with E-state index in [0.29, 0.717) is 12.5 Å². The second-order valence-electron chi connectivity index (χ2n) is 7.77. The molecule has 1 fully saturated rings. The number of non-ortho nitro benzene ring substituents is 1. The molecule has 2 aromatic carbocycles. The van der Waals surface area contributed by atoms with Crippen molar-refractivity contribution < 1.29 is 19.3 Å². The highest BCUT2D eigenvalue weighted by Gasteiger charge is 2.40. The number of rotatable bonds is 7. The minimum atomic E-state index is -0.675. The molecule has 1 aliphatic carbocycles. The second kappa shape index (κ2) is 7.70. The van der Waals surface area contributed by atoms with E-state index in [0.717, 1.165) is 29.4 Å². The summed E-state index contributed by atoms with van der Waals surface area (Å²) in [5.74, 6) is -1.17. The zero-order valence-corrected chi connectivity index (χ0v) is 16.5. The molecule has 2 aromatic rings. The predicted molar refractivity (Wildman–Crippen MR) is 108 cm³/mol. The number of nitro groups is 1. The second-order valence-corrected chi connectivity index (χ2v) is 7.77. The fourth-order valence-corrected chi connectivity index (χ4v) is 3.83. The Balaban J connectivity index is 1.55. The van der Waals surface area contributed by atoms with Crippen molar-refractivity contribution in [1.82, 2.24) is 9.80 Å². The molecule has 3 amide bonds. The van der Waals surface area contributed by atoms with Crippen LogP contribution < -0.4 is 0 Å². The van der Waals surface area contributed by atoms with Gasteiger partial charge in [-0.15, -0.1) is 0 Å². The van der Waals surface area contributed by atoms with E-state index in [2.05, 4.69) is 0 Å². The van der Waals surface area contributed by atoms with E-state index >= 15 is 0 Å². The van der Waals surface area contributed by atoms with Crippen LogP contribution in [0.1, 0.15) is 46.0 Å². The number of benzene rings is 2. The Morgan fingerprint density at radius 2 is 1.80 bits per heavy atom. The minimum absolute atomic E-state index is 0.00558. The van der Waals surface area contributed by atoms with E-state index in [1.54, 1.807) is 4.90 Å². The molecule has 1 atom stereocenters. The summed E-state index contributed by atoms with van der Waals surface area (Å²) in [5, 5.41) is 11.0. The summed E-state index contributed by atoms with van der Waals surface area (Å²) >= 11 is 0. The van der Waals surface area contributed by atoms with Crippen molar-refractivity contribution in [3.05, 3.63) is 75.3 Å². The molecule has 0 aromatic heterocycles. The van der Waals surface area contributed by atoms with Crippen LogP contribution >= 0.6 is 0 Å². The highest BCUT2D eigenvalue weighted by Crippen LogP contribution is 2.36. The molecule has 1 saturated carbocycles. The van der Waals surface area contributed by atoms with Gasteiger partial charge in [-0.3, -0.25) is 29.4 Å². The first-order valence-corrected chi connectivity index (χ1v) is 9.85. The Kier molecular flexibility index (Phi) is 5.07. The molecule has 8 heteroatoms. The van der Waals surface area contributed by atoms with Gasteiger partial charge in [-0.05, 0) is 37.3 Å². The van der Waals surface area contributed by atoms with E-state index in [1.807, 2.05) is 37.3 Å². The molecule has 0 saturated heterocycles. The fourth-order valence-electron chi connectivity index (χ4n) is 3.83. The van der Waals surface area contributed by atoms with Crippen molar-refractivity contribution >= 4 is 23.4 Å². The van der Waals surface area contributed by atoms with E-state index in [-0.39, 0.29) is 35.3 Å². The van der Waals surface area contributed by atoms with Gasteiger partial charge >= 0.3 is 0 Å². The number of amides is 3. The molecular weight excluding hydrogens is 386 g/mol. The van der Waals surface area contributed by atoms with Crippen LogP contribution in [0.4, 0.5) is 5.69 Å². The molecule has 0 N–H and O–H groups in total. The van der Waals surface area contributed by atoms with Crippen molar-refractivity contribution in [2.75, 3.05) is 6.54 Å².